The minimum atomic E-state index is -0.471. The second-order valence-electron chi connectivity index (χ2n) is 8.26. The number of hydrogen-bond donors (Lipinski definition) is 1. The Kier molecular flexibility index (Phi) is 7.95. The van der Waals surface area contributed by atoms with Crippen LogP contribution in [0, 0.1) is 13.8 Å². The van der Waals surface area contributed by atoms with Crippen LogP contribution in [0.3, 0.4) is 0 Å². The number of para-hydroxylation sites is 1. The van der Waals surface area contributed by atoms with Crippen molar-refractivity contribution in [1.29, 1.82) is 0 Å². The number of aryl methyl sites for hydroxylation is 2. The van der Waals surface area contributed by atoms with Gasteiger partial charge in [0.2, 0.25) is 0 Å². The summed E-state index contributed by atoms with van der Waals surface area (Å²) in [5.41, 5.74) is 6.12. The molecule has 186 valence electrons. The number of hydrazine groups is 1. The summed E-state index contributed by atoms with van der Waals surface area (Å²) in [5, 5.41) is 1.24. The molecule has 0 spiro atoms. The van der Waals surface area contributed by atoms with E-state index in [2.05, 4.69) is 27.4 Å². The van der Waals surface area contributed by atoms with Crippen LogP contribution in [0.1, 0.15) is 23.6 Å². The number of ether oxygens (including phenoxy) is 3. The number of carbonyl (C=O) groups is 2. The zero-order valence-electron chi connectivity index (χ0n) is 20.3. The number of benzene rings is 3. The van der Waals surface area contributed by atoms with Crippen molar-refractivity contribution in [1.82, 2.24) is 5.43 Å². The van der Waals surface area contributed by atoms with Crippen molar-refractivity contribution in [3.63, 3.8) is 0 Å². The summed E-state index contributed by atoms with van der Waals surface area (Å²) in [6.45, 7) is 7.01. The van der Waals surface area contributed by atoms with Gasteiger partial charge in [0.25, 0.3) is 11.8 Å². The van der Waals surface area contributed by atoms with Crippen LogP contribution in [-0.4, -0.2) is 31.6 Å². The number of nitrogens with one attached hydrogen (secondary N) is 1. The molecule has 1 aliphatic heterocycles. The highest BCUT2D eigenvalue weighted by Gasteiger charge is 2.34. The van der Waals surface area contributed by atoms with E-state index >= 15 is 0 Å². The van der Waals surface area contributed by atoms with Gasteiger partial charge in [-0.1, -0.05) is 24.3 Å². The van der Waals surface area contributed by atoms with Crippen molar-refractivity contribution in [2.75, 3.05) is 24.8 Å². The van der Waals surface area contributed by atoms with Gasteiger partial charge >= 0.3 is 0 Å². The highest BCUT2D eigenvalue weighted by atomic mass is 79.9. The molecule has 1 aliphatic rings. The first kappa shape index (κ1) is 25.3. The molecule has 1 fully saturated rings. The number of amides is 2. The minimum Gasteiger partial charge on any atom is -0.490 e. The molecule has 0 atom stereocenters. The molecule has 0 radical (unpaired) electrons. The largest absolute Gasteiger partial charge is 0.490 e. The molecule has 0 aromatic heterocycles. The predicted octanol–water partition coefficient (Wildman–Crippen LogP) is 5.38. The number of nitrogens with zero attached hydrogens (tertiary/aromatic N) is 1. The van der Waals surface area contributed by atoms with E-state index in [1.165, 1.54) is 5.01 Å². The summed E-state index contributed by atoms with van der Waals surface area (Å²) in [6.07, 6.45) is 1.54. The SMILES string of the molecule is CCOc1cc(C=C2C(=O)NN(c3ccccc3)C2=O)cc(Br)c1OCCOc1cc(C)cc(C)c1. The van der Waals surface area contributed by atoms with Crippen LogP contribution in [0.5, 0.6) is 17.2 Å². The molecule has 2 amide bonds. The Hall–Kier alpha value is -3.78. The average molecular weight is 551 g/mol. The van der Waals surface area contributed by atoms with E-state index in [1.54, 1.807) is 42.5 Å². The fraction of sp³-hybridized carbons (Fsp3) is 0.214. The molecule has 8 heteroatoms. The van der Waals surface area contributed by atoms with E-state index in [0.29, 0.717) is 47.0 Å². The predicted molar refractivity (Wildman–Crippen MR) is 142 cm³/mol. The smallest absolute Gasteiger partial charge is 0.282 e. The Morgan fingerprint density at radius 3 is 2.31 bits per heavy atom. The Morgan fingerprint density at radius 1 is 0.917 bits per heavy atom. The van der Waals surface area contributed by atoms with Gasteiger partial charge in [0.1, 0.15) is 24.5 Å². The minimum absolute atomic E-state index is 0.0312. The number of anilines is 1. The van der Waals surface area contributed by atoms with Crippen LogP contribution in [-0.2, 0) is 9.59 Å². The zero-order chi connectivity index (χ0) is 25.7. The average Bonchev–Trinajstić information content (AvgIpc) is 3.11. The van der Waals surface area contributed by atoms with Gasteiger partial charge in [-0.05, 0) is 95.9 Å². The summed E-state index contributed by atoms with van der Waals surface area (Å²) in [7, 11) is 0. The topological polar surface area (TPSA) is 77.1 Å². The molecular formula is C28H27BrN2O5. The Bertz CT molecular complexity index is 1290. The van der Waals surface area contributed by atoms with E-state index in [4.69, 9.17) is 14.2 Å². The fourth-order valence-electron chi connectivity index (χ4n) is 3.88. The molecule has 1 N–H and O–H groups in total. The molecule has 3 aromatic carbocycles. The van der Waals surface area contributed by atoms with E-state index < -0.39 is 11.8 Å². The van der Waals surface area contributed by atoms with Crippen molar-refractivity contribution in [3.05, 3.63) is 87.4 Å². The van der Waals surface area contributed by atoms with Gasteiger partial charge in [-0.2, -0.15) is 0 Å². The maximum atomic E-state index is 12.9. The first-order chi connectivity index (χ1) is 17.4. The molecule has 0 unspecified atom stereocenters. The van der Waals surface area contributed by atoms with Gasteiger partial charge in [-0.3, -0.25) is 15.0 Å². The van der Waals surface area contributed by atoms with Gasteiger partial charge in [0.15, 0.2) is 11.5 Å². The van der Waals surface area contributed by atoms with E-state index in [1.807, 2.05) is 39.0 Å². The maximum Gasteiger partial charge on any atom is 0.282 e. The quantitative estimate of drug-likeness (QED) is 0.220. The lowest BCUT2D eigenvalue weighted by Crippen LogP contribution is -2.35. The lowest BCUT2D eigenvalue weighted by atomic mass is 10.1. The van der Waals surface area contributed by atoms with Gasteiger partial charge < -0.3 is 14.2 Å². The molecule has 1 heterocycles. The summed E-state index contributed by atoms with van der Waals surface area (Å²) in [5.74, 6) is 0.921. The molecular weight excluding hydrogens is 524 g/mol. The van der Waals surface area contributed by atoms with E-state index in [9.17, 15) is 9.59 Å². The number of hydrogen-bond acceptors (Lipinski definition) is 5. The van der Waals surface area contributed by atoms with Crippen molar-refractivity contribution >= 4 is 39.5 Å². The molecule has 0 aliphatic carbocycles. The summed E-state index contributed by atoms with van der Waals surface area (Å²) in [6, 6.07) is 18.5. The van der Waals surface area contributed by atoms with Crippen LogP contribution >= 0.6 is 15.9 Å². The number of rotatable bonds is 9. The summed E-state index contributed by atoms with van der Waals surface area (Å²) >= 11 is 3.54. The van der Waals surface area contributed by atoms with Gasteiger partial charge in [-0.15, -0.1) is 0 Å². The van der Waals surface area contributed by atoms with Crippen molar-refractivity contribution < 1.29 is 23.8 Å². The molecule has 0 bridgehead atoms. The van der Waals surface area contributed by atoms with Crippen molar-refractivity contribution in [3.8, 4) is 17.2 Å². The van der Waals surface area contributed by atoms with Crippen LogP contribution in [0.15, 0.2) is 70.7 Å². The van der Waals surface area contributed by atoms with Crippen LogP contribution < -0.4 is 24.6 Å². The highest BCUT2D eigenvalue weighted by Crippen LogP contribution is 2.38. The third-order valence-corrected chi connectivity index (χ3v) is 5.93. The zero-order valence-corrected chi connectivity index (χ0v) is 21.9. The molecule has 7 nitrogen and oxygen atoms in total. The summed E-state index contributed by atoms with van der Waals surface area (Å²) < 4.78 is 18.2. The Labute approximate surface area is 218 Å². The second-order valence-corrected chi connectivity index (χ2v) is 9.11. The van der Waals surface area contributed by atoms with Crippen molar-refractivity contribution in [2.24, 2.45) is 0 Å². The fourth-order valence-corrected chi connectivity index (χ4v) is 4.45. The van der Waals surface area contributed by atoms with Crippen LogP contribution in [0.4, 0.5) is 5.69 Å². The van der Waals surface area contributed by atoms with Crippen LogP contribution in [0.2, 0.25) is 0 Å². The van der Waals surface area contributed by atoms with Gasteiger partial charge in [0, 0.05) is 0 Å². The Morgan fingerprint density at radius 2 is 1.61 bits per heavy atom. The summed E-state index contributed by atoms with van der Waals surface area (Å²) in [4.78, 5) is 25.5. The van der Waals surface area contributed by atoms with E-state index in [0.717, 1.165) is 16.9 Å². The van der Waals surface area contributed by atoms with Crippen LogP contribution in [0.25, 0.3) is 6.08 Å². The molecule has 1 saturated heterocycles. The first-order valence-corrected chi connectivity index (χ1v) is 12.4. The Balaban J connectivity index is 1.49. The monoisotopic (exact) mass is 550 g/mol. The third-order valence-electron chi connectivity index (χ3n) is 5.34. The molecule has 36 heavy (non-hydrogen) atoms. The van der Waals surface area contributed by atoms with Gasteiger partial charge in [-0.25, -0.2) is 5.01 Å². The molecule has 4 rings (SSSR count). The standard InChI is InChI=1S/C28H27BrN2O5/c1-4-34-25-17-20(15-23-27(32)30-31(28(23)33)21-8-6-5-7-9-21)16-24(29)26(25)36-11-10-35-22-13-18(2)12-19(3)14-22/h5-9,12-17H,4,10-11H2,1-3H3,(H,30,32). The maximum absolute atomic E-state index is 12.9. The first-order valence-electron chi connectivity index (χ1n) is 11.6. The lowest BCUT2D eigenvalue weighted by molar-refractivity contribution is -0.117. The molecule has 0 saturated carbocycles. The molecule has 3 aromatic rings. The van der Waals surface area contributed by atoms with Gasteiger partial charge in [0.05, 0.1) is 16.8 Å². The highest BCUT2D eigenvalue weighted by molar-refractivity contribution is 9.10. The third kappa shape index (κ3) is 5.88. The number of carbonyl (C=O) groups excluding carboxylic acids is 2. The van der Waals surface area contributed by atoms with Crippen molar-refractivity contribution in [2.45, 2.75) is 20.8 Å². The number of halogens is 1. The lowest BCUT2D eigenvalue weighted by Gasteiger charge is -2.15. The normalized spacial score (nSPS) is 14.2. The van der Waals surface area contributed by atoms with E-state index in [-0.39, 0.29) is 5.57 Å². The second kappa shape index (κ2) is 11.3.